The van der Waals surface area contributed by atoms with Crippen molar-refractivity contribution in [1.82, 2.24) is 0 Å². The Morgan fingerprint density at radius 2 is 1.79 bits per heavy atom. The maximum absolute atomic E-state index is 11.5. The molecule has 0 aromatic carbocycles. The minimum Gasteiger partial charge on any atom is -0.466 e. The highest BCUT2D eigenvalue weighted by atomic mass is 16.5. The van der Waals surface area contributed by atoms with Crippen LogP contribution in [0.1, 0.15) is 47.5 Å². The lowest BCUT2D eigenvalue weighted by Gasteiger charge is -2.22. The number of carbonyl (C=O) groups is 1. The molecule has 0 saturated carbocycles. The molecule has 0 fully saturated rings. The van der Waals surface area contributed by atoms with E-state index in [9.17, 15) is 4.79 Å². The Morgan fingerprint density at radius 1 is 1.21 bits per heavy atom. The molecule has 0 aliphatic rings. The van der Waals surface area contributed by atoms with Crippen LogP contribution in [0, 0.1) is 17.8 Å². The number of esters is 1. The molecule has 0 amide bonds. The van der Waals surface area contributed by atoms with E-state index in [1.807, 2.05) is 13.8 Å². The molecule has 0 aromatic heterocycles. The first kappa shape index (κ1) is 13.5. The van der Waals surface area contributed by atoms with Gasteiger partial charge in [0, 0.05) is 0 Å². The van der Waals surface area contributed by atoms with E-state index < -0.39 is 0 Å². The highest BCUT2D eigenvalue weighted by Gasteiger charge is 2.24. The lowest BCUT2D eigenvalue weighted by molar-refractivity contribution is -0.149. The highest BCUT2D eigenvalue weighted by molar-refractivity contribution is 5.72. The lowest BCUT2D eigenvalue weighted by Crippen LogP contribution is -2.24. The van der Waals surface area contributed by atoms with Crippen molar-refractivity contribution in [2.75, 3.05) is 6.61 Å². The molecular formula is C12H24O2. The highest BCUT2D eigenvalue weighted by Crippen LogP contribution is 2.24. The van der Waals surface area contributed by atoms with Crippen LogP contribution in [-0.2, 0) is 9.53 Å². The Labute approximate surface area is 88.0 Å². The summed E-state index contributed by atoms with van der Waals surface area (Å²) in [5.41, 5.74) is 0. The van der Waals surface area contributed by atoms with Crippen LogP contribution in [0.4, 0.5) is 0 Å². The molecule has 0 rings (SSSR count). The van der Waals surface area contributed by atoms with Crippen LogP contribution in [-0.4, -0.2) is 12.6 Å². The van der Waals surface area contributed by atoms with Gasteiger partial charge in [0.2, 0.25) is 0 Å². The van der Waals surface area contributed by atoms with Crippen LogP contribution < -0.4 is 0 Å². The molecule has 0 bridgehead atoms. The van der Waals surface area contributed by atoms with Crippen molar-refractivity contribution < 1.29 is 9.53 Å². The molecule has 2 atom stereocenters. The zero-order valence-corrected chi connectivity index (χ0v) is 10.2. The Balaban J connectivity index is 4.15. The van der Waals surface area contributed by atoms with Crippen molar-refractivity contribution in [3.63, 3.8) is 0 Å². The molecule has 0 N–H and O–H groups in total. The van der Waals surface area contributed by atoms with E-state index in [2.05, 4.69) is 20.8 Å². The summed E-state index contributed by atoms with van der Waals surface area (Å²) in [5, 5.41) is 0. The minimum absolute atomic E-state index is 0.0417. The second-order valence-electron chi connectivity index (χ2n) is 4.34. The zero-order chi connectivity index (χ0) is 11.1. The first-order valence-corrected chi connectivity index (χ1v) is 5.69. The quantitative estimate of drug-likeness (QED) is 0.615. The van der Waals surface area contributed by atoms with Crippen LogP contribution in [0.2, 0.25) is 0 Å². The van der Waals surface area contributed by atoms with Crippen molar-refractivity contribution in [2.45, 2.75) is 47.5 Å². The fraction of sp³-hybridized carbons (Fsp3) is 0.917. The number of hydrogen-bond donors (Lipinski definition) is 0. The molecule has 0 aliphatic heterocycles. The van der Waals surface area contributed by atoms with Crippen molar-refractivity contribution in [2.24, 2.45) is 17.8 Å². The monoisotopic (exact) mass is 200 g/mol. The summed E-state index contributed by atoms with van der Waals surface area (Å²) in [4.78, 5) is 11.5. The standard InChI is InChI=1S/C12H24O2/c1-6-11(8-9(3)4)10(5)12(13)14-7-2/h9-11H,6-8H2,1-5H3. The fourth-order valence-corrected chi connectivity index (χ4v) is 1.80. The summed E-state index contributed by atoms with van der Waals surface area (Å²) in [6.07, 6.45) is 2.16. The van der Waals surface area contributed by atoms with E-state index in [-0.39, 0.29) is 11.9 Å². The molecule has 84 valence electrons. The zero-order valence-electron chi connectivity index (χ0n) is 10.2. The summed E-state index contributed by atoms with van der Waals surface area (Å²) in [5.74, 6) is 1.12. The van der Waals surface area contributed by atoms with Crippen LogP contribution in [0.25, 0.3) is 0 Å². The molecular weight excluding hydrogens is 176 g/mol. The first-order valence-electron chi connectivity index (χ1n) is 5.69. The minimum atomic E-state index is -0.0417. The summed E-state index contributed by atoms with van der Waals surface area (Å²) in [7, 11) is 0. The summed E-state index contributed by atoms with van der Waals surface area (Å²) in [6.45, 7) is 10.9. The molecule has 0 aromatic rings. The van der Waals surface area contributed by atoms with Crippen molar-refractivity contribution in [3.05, 3.63) is 0 Å². The van der Waals surface area contributed by atoms with Gasteiger partial charge in [0.15, 0.2) is 0 Å². The molecule has 0 radical (unpaired) electrons. The Hall–Kier alpha value is -0.530. The molecule has 0 saturated heterocycles. The molecule has 2 unspecified atom stereocenters. The van der Waals surface area contributed by atoms with Crippen molar-refractivity contribution in [1.29, 1.82) is 0 Å². The molecule has 0 heterocycles. The van der Waals surface area contributed by atoms with E-state index in [1.165, 1.54) is 0 Å². The second kappa shape index (κ2) is 6.86. The van der Waals surface area contributed by atoms with E-state index in [1.54, 1.807) is 0 Å². The molecule has 0 aliphatic carbocycles. The van der Waals surface area contributed by atoms with E-state index in [4.69, 9.17) is 4.74 Å². The second-order valence-corrected chi connectivity index (χ2v) is 4.34. The van der Waals surface area contributed by atoms with Gasteiger partial charge in [0.1, 0.15) is 0 Å². The lowest BCUT2D eigenvalue weighted by atomic mass is 9.85. The summed E-state index contributed by atoms with van der Waals surface area (Å²) >= 11 is 0. The first-order chi connectivity index (χ1) is 6.52. The summed E-state index contributed by atoms with van der Waals surface area (Å²) in [6, 6.07) is 0. The Morgan fingerprint density at radius 3 is 2.14 bits per heavy atom. The number of ether oxygens (including phenoxy) is 1. The predicted octanol–water partition coefficient (Wildman–Crippen LogP) is 3.26. The van der Waals surface area contributed by atoms with Gasteiger partial charge in [0.25, 0.3) is 0 Å². The van der Waals surface area contributed by atoms with Gasteiger partial charge in [-0.1, -0.05) is 34.1 Å². The normalized spacial score (nSPS) is 15.3. The van der Waals surface area contributed by atoms with Gasteiger partial charge in [-0.25, -0.2) is 0 Å². The molecule has 14 heavy (non-hydrogen) atoms. The van der Waals surface area contributed by atoms with Crippen LogP contribution in [0.5, 0.6) is 0 Å². The average Bonchev–Trinajstić information content (AvgIpc) is 2.13. The molecule has 2 heteroatoms. The van der Waals surface area contributed by atoms with Gasteiger partial charge in [-0.05, 0) is 25.2 Å². The van der Waals surface area contributed by atoms with E-state index in [0.717, 1.165) is 12.8 Å². The Kier molecular flexibility index (Phi) is 6.60. The molecule has 0 spiro atoms. The third-order valence-electron chi connectivity index (χ3n) is 2.66. The Bertz CT molecular complexity index is 164. The van der Waals surface area contributed by atoms with Gasteiger partial charge in [-0.15, -0.1) is 0 Å². The van der Waals surface area contributed by atoms with E-state index >= 15 is 0 Å². The van der Waals surface area contributed by atoms with Crippen molar-refractivity contribution in [3.8, 4) is 0 Å². The van der Waals surface area contributed by atoms with Crippen LogP contribution >= 0.6 is 0 Å². The summed E-state index contributed by atoms with van der Waals surface area (Å²) < 4.78 is 5.03. The van der Waals surface area contributed by atoms with Gasteiger partial charge in [0.05, 0.1) is 12.5 Å². The number of carbonyl (C=O) groups excluding carboxylic acids is 1. The average molecular weight is 200 g/mol. The van der Waals surface area contributed by atoms with Gasteiger partial charge < -0.3 is 4.74 Å². The van der Waals surface area contributed by atoms with E-state index in [0.29, 0.717) is 18.4 Å². The van der Waals surface area contributed by atoms with Gasteiger partial charge in [-0.2, -0.15) is 0 Å². The molecule has 2 nitrogen and oxygen atoms in total. The SMILES string of the molecule is CCOC(=O)C(C)C(CC)CC(C)C. The maximum Gasteiger partial charge on any atom is 0.308 e. The number of rotatable bonds is 6. The van der Waals surface area contributed by atoms with Crippen LogP contribution in [0.3, 0.4) is 0 Å². The van der Waals surface area contributed by atoms with Gasteiger partial charge in [-0.3, -0.25) is 4.79 Å². The third-order valence-corrected chi connectivity index (χ3v) is 2.66. The maximum atomic E-state index is 11.5. The predicted molar refractivity (Wildman–Crippen MR) is 59.0 cm³/mol. The van der Waals surface area contributed by atoms with Crippen molar-refractivity contribution >= 4 is 5.97 Å². The van der Waals surface area contributed by atoms with Gasteiger partial charge >= 0.3 is 5.97 Å². The van der Waals surface area contributed by atoms with Crippen LogP contribution in [0.15, 0.2) is 0 Å². The fourth-order valence-electron chi connectivity index (χ4n) is 1.80. The largest absolute Gasteiger partial charge is 0.466 e. The topological polar surface area (TPSA) is 26.3 Å². The number of hydrogen-bond acceptors (Lipinski definition) is 2. The smallest absolute Gasteiger partial charge is 0.308 e. The third kappa shape index (κ3) is 4.64.